The number of hydrogen-bond acceptors (Lipinski definition) is 3. The van der Waals surface area contributed by atoms with Gasteiger partial charge in [0.25, 0.3) is 0 Å². The summed E-state index contributed by atoms with van der Waals surface area (Å²) in [5.41, 5.74) is 1.56. The Bertz CT molecular complexity index is 718. The lowest BCUT2D eigenvalue weighted by Crippen LogP contribution is -2.11. The monoisotopic (exact) mass is 360 g/mol. The highest BCUT2D eigenvalue weighted by atomic mass is 19.3. The number of halogens is 2. The molecule has 1 aliphatic carbocycles. The molecular weight excluding hydrogens is 338 g/mol. The number of hydrogen-bond donors (Lipinski definition) is 0. The van der Waals surface area contributed by atoms with Gasteiger partial charge in [0.05, 0.1) is 5.56 Å². The highest BCUT2D eigenvalue weighted by Crippen LogP contribution is 2.36. The minimum Gasteiger partial charge on any atom is -0.435 e. The van der Waals surface area contributed by atoms with Gasteiger partial charge in [0.15, 0.2) is 0 Å². The summed E-state index contributed by atoms with van der Waals surface area (Å²) in [6.45, 7) is -0.594. The third-order valence-corrected chi connectivity index (χ3v) is 4.89. The molecule has 0 aromatic heterocycles. The van der Waals surface area contributed by atoms with E-state index < -0.39 is 12.6 Å². The average molecular weight is 360 g/mol. The van der Waals surface area contributed by atoms with Crippen LogP contribution in [0.15, 0.2) is 48.5 Å². The van der Waals surface area contributed by atoms with Gasteiger partial charge < -0.3 is 9.47 Å². The molecule has 3 nitrogen and oxygen atoms in total. The van der Waals surface area contributed by atoms with Crippen molar-refractivity contribution in [2.45, 2.75) is 45.1 Å². The minimum absolute atomic E-state index is 0.00250. The quantitative estimate of drug-likeness (QED) is 0.499. The zero-order valence-electron chi connectivity index (χ0n) is 14.7. The fourth-order valence-electron chi connectivity index (χ4n) is 3.34. The number of carbonyl (C=O) groups is 1. The van der Waals surface area contributed by atoms with E-state index in [-0.39, 0.29) is 11.3 Å². The molecule has 1 fully saturated rings. The number of ether oxygens (including phenoxy) is 2. The SMILES string of the molecule is CC1CCC(c2ccc(OC(=O)c3ccc(OC(F)F)cc3)cc2)CC1. The highest BCUT2D eigenvalue weighted by molar-refractivity contribution is 5.91. The summed E-state index contributed by atoms with van der Waals surface area (Å²) in [6, 6.07) is 13.1. The summed E-state index contributed by atoms with van der Waals surface area (Å²) in [5, 5.41) is 0. The normalized spacial score (nSPS) is 20.0. The Morgan fingerprint density at radius 3 is 2.08 bits per heavy atom. The summed E-state index contributed by atoms with van der Waals surface area (Å²) in [5.74, 6) is 1.33. The fraction of sp³-hybridized carbons (Fsp3) is 0.381. The molecule has 26 heavy (non-hydrogen) atoms. The van der Waals surface area contributed by atoms with Crippen LogP contribution in [0.5, 0.6) is 11.5 Å². The summed E-state index contributed by atoms with van der Waals surface area (Å²) < 4.78 is 33.9. The van der Waals surface area contributed by atoms with Crippen LogP contribution in [-0.4, -0.2) is 12.6 Å². The maximum atomic E-state index is 12.2. The van der Waals surface area contributed by atoms with Crippen molar-refractivity contribution < 1.29 is 23.0 Å². The lowest BCUT2D eigenvalue weighted by Gasteiger charge is -2.26. The van der Waals surface area contributed by atoms with Crippen molar-refractivity contribution in [1.29, 1.82) is 0 Å². The van der Waals surface area contributed by atoms with Crippen molar-refractivity contribution in [2.75, 3.05) is 0 Å². The average Bonchev–Trinajstić information content (AvgIpc) is 2.63. The van der Waals surface area contributed by atoms with Crippen molar-refractivity contribution in [2.24, 2.45) is 5.92 Å². The van der Waals surface area contributed by atoms with E-state index in [9.17, 15) is 13.6 Å². The third kappa shape index (κ3) is 4.81. The zero-order chi connectivity index (χ0) is 18.5. The molecule has 5 heteroatoms. The van der Waals surface area contributed by atoms with Crippen LogP contribution in [0.1, 0.15) is 54.4 Å². The first kappa shape index (κ1) is 18.4. The molecule has 0 amide bonds. The van der Waals surface area contributed by atoms with Crippen molar-refractivity contribution in [3.63, 3.8) is 0 Å². The molecule has 0 saturated heterocycles. The van der Waals surface area contributed by atoms with Gasteiger partial charge in [-0.25, -0.2) is 4.79 Å². The van der Waals surface area contributed by atoms with Crippen LogP contribution >= 0.6 is 0 Å². The zero-order valence-corrected chi connectivity index (χ0v) is 14.7. The molecule has 2 aromatic carbocycles. The molecule has 0 radical (unpaired) electrons. The Kier molecular flexibility index (Phi) is 5.86. The molecule has 2 aromatic rings. The second-order valence-corrected chi connectivity index (χ2v) is 6.82. The molecule has 0 heterocycles. The molecule has 0 bridgehead atoms. The maximum Gasteiger partial charge on any atom is 0.387 e. The lowest BCUT2D eigenvalue weighted by molar-refractivity contribution is -0.0498. The minimum atomic E-state index is -2.89. The largest absolute Gasteiger partial charge is 0.435 e. The van der Waals surface area contributed by atoms with Gasteiger partial charge in [-0.2, -0.15) is 8.78 Å². The molecule has 138 valence electrons. The number of benzene rings is 2. The highest BCUT2D eigenvalue weighted by Gasteiger charge is 2.19. The summed E-state index contributed by atoms with van der Waals surface area (Å²) >= 11 is 0. The molecule has 0 N–H and O–H groups in total. The van der Waals surface area contributed by atoms with Gasteiger partial charge >= 0.3 is 12.6 Å². The second-order valence-electron chi connectivity index (χ2n) is 6.82. The van der Waals surface area contributed by atoms with Crippen LogP contribution in [0.2, 0.25) is 0 Å². The molecular formula is C21H22F2O3. The van der Waals surface area contributed by atoms with E-state index in [2.05, 4.69) is 11.7 Å². The van der Waals surface area contributed by atoms with Gasteiger partial charge in [-0.3, -0.25) is 0 Å². The van der Waals surface area contributed by atoms with Gasteiger partial charge in [-0.15, -0.1) is 0 Å². The van der Waals surface area contributed by atoms with Crippen molar-refractivity contribution in [1.82, 2.24) is 0 Å². The lowest BCUT2D eigenvalue weighted by atomic mass is 9.79. The Balaban J connectivity index is 1.59. The molecule has 0 spiro atoms. The predicted octanol–water partition coefficient (Wildman–Crippen LogP) is 5.80. The number of carbonyl (C=O) groups excluding carboxylic acids is 1. The Morgan fingerprint density at radius 1 is 0.923 bits per heavy atom. The van der Waals surface area contributed by atoms with Crippen LogP contribution in [0.3, 0.4) is 0 Å². The Hall–Kier alpha value is -2.43. The molecule has 3 rings (SSSR count). The van der Waals surface area contributed by atoms with E-state index in [0.717, 1.165) is 5.92 Å². The van der Waals surface area contributed by atoms with Gasteiger partial charge in [0.2, 0.25) is 0 Å². The van der Waals surface area contributed by atoms with Crippen molar-refractivity contribution in [3.8, 4) is 11.5 Å². The van der Waals surface area contributed by atoms with Crippen LogP contribution in [0, 0.1) is 5.92 Å². The summed E-state index contributed by atoms with van der Waals surface area (Å²) in [4.78, 5) is 12.2. The van der Waals surface area contributed by atoms with Crippen LogP contribution in [-0.2, 0) is 0 Å². The first-order valence-electron chi connectivity index (χ1n) is 8.88. The van der Waals surface area contributed by atoms with E-state index in [1.54, 1.807) is 12.1 Å². The van der Waals surface area contributed by atoms with E-state index in [4.69, 9.17) is 4.74 Å². The maximum absolute atomic E-state index is 12.2. The van der Waals surface area contributed by atoms with Crippen LogP contribution in [0.25, 0.3) is 0 Å². The van der Waals surface area contributed by atoms with E-state index >= 15 is 0 Å². The van der Waals surface area contributed by atoms with Gasteiger partial charge in [0, 0.05) is 0 Å². The van der Waals surface area contributed by atoms with Crippen molar-refractivity contribution in [3.05, 3.63) is 59.7 Å². The molecule has 0 aliphatic heterocycles. The Labute approximate surface area is 151 Å². The van der Waals surface area contributed by atoms with Crippen LogP contribution in [0.4, 0.5) is 8.78 Å². The number of alkyl halides is 2. The topological polar surface area (TPSA) is 35.5 Å². The second kappa shape index (κ2) is 8.30. The Morgan fingerprint density at radius 2 is 1.50 bits per heavy atom. The number of rotatable bonds is 5. The first-order valence-corrected chi connectivity index (χ1v) is 8.88. The van der Waals surface area contributed by atoms with Crippen molar-refractivity contribution >= 4 is 5.97 Å². The first-order chi connectivity index (χ1) is 12.5. The smallest absolute Gasteiger partial charge is 0.387 e. The molecule has 1 aliphatic rings. The van der Waals surface area contributed by atoms with Gasteiger partial charge in [-0.1, -0.05) is 31.9 Å². The number of esters is 1. The third-order valence-electron chi connectivity index (χ3n) is 4.89. The van der Waals surface area contributed by atoms with E-state index in [1.807, 2.05) is 12.1 Å². The standard InChI is InChI=1S/C21H22F2O3/c1-14-2-4-15(5-3-14)16-6-10-18(11-7-16)25-20(24)17-8-12-19(13-9-17)26-21(22)23/h6-15,21H,2-5H2,1H3. The fourth-order valence-corrected chi connectivity index (χ4v) is 3.34. The van der Waals surface area contributed by atoms with Crippen LogP contribution < -0.4 is 9.47 Å². The van der Waals surface area contributed by atoms with E-state index in [0.29, 0.717) is 11.7 Å². The predicted molar refractivity (Wildman–Crippen MR) is 94.8 cm³/mol. The summed E-state index contributed by atoms with van der Waals surface area (Å²) in [6.07, 6.45) is 4.92. The van der Waals surface area contributed by atoms with Gasteiger partial charge in [0.1, 0.15) is 11.5 Å². The summed E-state index contributed by atoms with van der Waals surface area (Å²) in [7, 11) is 0. The molecule has 1 saturated carbocycles. The van der Waals surface area contributed by atoms with E-state index in [1.165, 1.54) is 55.5 Å². The van der Waals surface area contributed by atoms with Gasteiger partial charge in [-0.05, 0) is 66.6 Å². The molecule has 0 unspecified atom stereocenters. The molecule has 0 atom stereocenters.